The summed E-state index contributed by atoms with van der Waals surface area (Å²) in [7, 11) is 0. The second kappa shape index (κ2) is 6.69. The molecule has 7 heteroatoms. The molecule has 0 aliphatic carbocycles. The van der Waals surface area contributed by atoms with Crippen molar-refractivity contribution < 1.29 is 5.11 Å². The molecule has 0 aromatic carbocycles. The molecule has 3 heterocycles. The van der Waals surface area contributed by atoms with Crippen molar-refractivity contribution in [2.45, 2.75) is 6.61 Å². The maximum Gasteiger partial charge on any atom is 0.147 e. The van der Waals surface area contributed by atoms with Crippen LogP contribution in [-0.4, -0.2) is 41.3 Å². The van der Waals surface area contributed by atoms with E-state index >= 15 is 0 Å². The molecule has 0 radical (unpaired) electrons. The first-order chi connectivity index (χ1) is 10.7. The molecule has 2 aromatic heterocycles. The van der Waals surface area contributed by atoms with Crippen LogP contribution in [-0.2, 0) is 6.61 Å². The van der Waals surface area contributed by atoms with Crippen molar-refractivity contribution in [3.05, 3.63) is 46.3 Å². The van der Waals surface area contributed by atoms with Crippen LogP contribution in [0.4, 0.5) is 11.5 Å². The highest BCUT2D eigenvalue weighted by Gasteiger charge is 2.21. The topological polar surface area (TPSA) is 52.5 Å². The number of pyridine rings is 2. The standard InChI is InChI=1S/C15H16Cl2N4O/c16-12-7-13(17)15(19-9-12)21-5-3-20(4-6-21)14-1-2-18-8-11(14)10-22/h1-2,7-9,22H,3-6,10H2. The fourth-order valence-electron chi connectivity index (χ4n) is 2.65. The van der Waals surface area contributed by atoms with E-state index in [1.54, 1.807) is 24.7 Å². The summed E-state index contributed by atoms with van der Waals surface area (Å²) in [5.74, 6) is 0.767. The Morgan fingerprint density at radius 2 is 1.82 bits per heavy atom. The van der Waals surface area contributed by atoms with E-state index in [0.29, 0.717) is 10.0 Å². The lowest BCUT2D eigenvalue weighted by Gasteiger charge is -2.37. The van der Waals surface area contributed by atoms with Gasteiger partial charge >= 0.3 is 0 Å². The van der Waals surface area contributed by atoms with Gasteiger partial charge in [0.25, 0.3) is 0 Å². The number of hydrogen-bond donors (Lipinski definition) is 1. The zero-order valence-electron chi connectivity index (χ0n) is 11.9. The van der Waals surface area contributed by atoms with Crippen molar-refractivity contribution in [2.75, 3.05) is 36.0 Å². The number of piperazine rings is 1. The Bertz CT molecular complexity index is 660. The van der Waals surface area contributed by atoms with Crippen molar-refractivity contribution in [3.8, 4) is 0 Å². The van der Waals surface area contributed by atoms with Crippen molar-refractivity contribution in [1.29, 1.82) is 0 Å². The van der Waals surface area contributed by atoms with E-state index in [1.807, 2.05) is 6.07 Å². The molecule has 1 aliphatic rings. The second-order valence-electron chi connectivity index (χ2n) is 5.10. The Morgan fingerprint density at radius 1 is 1.09 bits per heavy atom. The Morgan fingerprint density at radius 3 is 2.50 bits per heavy atom. The van der Waals surface area contributed by atoms with Gasteiger partial charge in [-0.3, -0.25) is 4.98 Å². The van der Waals surface area contributed by atoms with Crippen molar-refractivity contribution in [2.24, 2.45) is 0 Å². The molecule has 0 amide bonds. The summed E-state index contributed by atoms with van der Waals surface area (Å²) in [4.78, 5) is 12.8. The van der Waals surface area contributed by atoms with Gasteiger partial charge in [0.1, 0.15) is 5.82 Å². The number of aliphatic hydroxyl groups is 1. The minimum absolute atomic E-state index is 0.00600. The molecule has 0 bridgehead atoms. The van der Waals surface area contributed by atoms with Crippen LogP contribution in [0.5, 0.6) is 0 Å². The Balaban J connectivity index is 1.72. The highest BCUT2D eigenvalue weighted by atomic mass is 35.5. The molecule has 1 fully saturated rings. The number of halogens is 2. The molecule has 116 valence electrons. The summed E-state index contributed by atoms with van der Waals surface area (Å²) < 4.78 is 0. The van der Waals surface area contributed by atoms with E-state index in [4.69, 9.17) is 23.2 Å². The van der Waals surface area contributed by atoms with Gasteiger partial charge in [-0.15, -0.1) is 0 Å². The molecule has 22 heavy (non-hydrogen) atoms. The first-order valence-electron chi connectivity index (χ1n) is 7.03. The average Bonchev–Trinajstić information content (AvgIpc) is 2.55. The molecule has 0 unspecified atom stereocenters. The molecule has 2 aromatic rings. The number of hydrogen-bond acceptors (Lipinski definition) is 5. The average molecular weight is 339 g/mol. The predicted octanol–water partition coefficient (Wildman–Crippen LogP) is 2.60. The largest absolute Gasteiger partial charge is 0.392 e. The van der Waals surface area contributed by atoms with Crippen LogP contribution in [0.3, 0.4) is 0 Å². The molecular weight excluding hydrogens is 323 g/mol. The predicted molar refractivity (Wildman–Crippen MR) is 88.8 cm³/mol. The van der Waals surface area contributed by atoms with E-state index in [1.165, 1.54) is 0 Å². The van der Waals surface area contributed by atoms with Gasteiger partial charge in [-0.2, -0.15) is 0 Å². The zero-order valence-corrected chi connectivity index (χ0v) is 13.4. The van der Waals surface area contributed by atoms with Crippen LogP contribution in [0.25, 0.3) is 0 Å². The van der Waals surface area contributed by atoms with Gasteiger partial charge in [0.15, 0.2) is 0 Å². The Hall–Kier alpha value is -1.56. The molecule has 1 N–H and O–H groups in total. The maximum atomic E-state index is 9.42. The zero-order chi connectivity index (χ0) is 15.5. The molecule has 0 spiro atoms. The van der Waals surface area contributed by atoms with Crippen LogP contribution in [0, 0.1) is 0 Å². The third kappa shape index (κ3) is 3.11. The van der Waals surface area contributed by atoms with Crippen LogP contribution in [0.1, 0.15) is 5.56 Å². The molecule has 3 rings (SSSR count). The number of aromatic nitrogens is 2. The van der Waals surface area contributed by atoms with Gasteiger partial charge in [-0.1, -0.05) is 23.2 Å². The molecule has 0 saturated carbocycles. The minimum Gasteiger partial charge on any atom is -0.392 e. The van der Waals surface area contributed by atoms with E-state index in [-0.39, 0.29) is 6.61 Å². The minimum atomic E-state index is -0.00600. The quantitative estimate of drug-likeness (QED) is 0.932. The molecule has 5 nitrogen and oxygen atoms in total. The van der Waals surface area contributed by atoms with E-state index < -0.39 is 0 Å². The highest BCUT2D eigenvalue weighted by Crippen LogP contribution is 2.28. The lowest BCUT2D eigenvalue weighted by atomic mass is 10.2. The fourth-order valence-corrected chi connectivity index (χ4v) is 3.15. The number of anilines is 2. The van der Waals surface area contributed by atoms with Gasteiger partial charge in [-0.05, 0) is 12.1 Å². The molecular formula is C15H16Cl2N4O. The SMILES string of the molecule is OCc1cnccc1N1CCN(c2ncc(Cl)cc2Cl)CC1. The summed E-state index contributed by atoms with van der Waals surface area (Å²) in [6, 6.07) is 3.65. The van der Waals surface area contributed by atoms with Gasteiger partial charge in [0.2, 0.25) is 0 Å². The third-order valence-electron chi connectivity index (χ3n) is 3.76. The first kappa shape index (κ1) is 15.3. The Labute approximate surface area is 139 Å². The number of nitrogens with zero attached hydrogens (tertiary/aromatic N) is 4. The van der Waals surface area contributed by atoms with Gasteiger partial charge in [0, 0.05) is 56.0 Å². The van der Waals surface area contributed by atoms with E-state index in [2.05, 4.69) is 19.8 Å². The second-order valence-corrected chi connectivity index (χ2v) is 5.94. The van der Waals surface area contributed by atoms with E-state index in [0.717, 1.165) is 43.2 Å². The lowest BCUT2D eigenvalue weighted by molar-refractivity contribution is 0.281. The highest BCUT2D eigenvalue weighted by molar-refractivity contribution is 6.36. The summed E-state index contributed by atoms with van der Waals surface area (Å²) in [6.45, 7) is 3.27. The fraction of sp³-hybridized carbons (Fsp3) is 0.333. The van der Waals surface area contributed by atoms with Crippen molar-refractivity contribution in [1.82, 2.24) is 9.97 Å². The Kier molecular flexibility index (Phi) is 4.66. The van der Waals surface area contributed by atoms with Crippen LogP contribution < -0.4 is 9.80 Å². The normalized spacial score (nSPS) is 15.2. The van der Waals surface area contributed by atoms with Gasteiger partial charge in [-0.25, -0.2) is 4.98 Å². The summed E-state index contributed by atoms with van der Waals surface area (Å²) in [6.07, 6.45) is 5.07. The third-order valence-corrected chi connectivity index (χ3v) is 4.24. The number of aliphatic hydroxyl groups excluding tert-OH is 1. The summed E-state index contributed by atoms with van der Waals surface area (Å²) in [5, 5.41) is 10.5. The molecule has 1 saturated heterocycles. The van der Waals surface area contributed by atoms with Crippen molar-refractivity contribution in [3.63, 3.8) is 0 Å². The monoisotopic (exact) mass is 338 g/mol. The molecule has 0 atom stereocenters. The summed E-state index contributed by atoms with van der Waals surface area (Å²) in [5.41, 5.74) is 1.88. The lowest BCUT2D eigenvalue weighted by Crippen LogP contribution is -2.47. The van der Waals surface area contributed by atoms with Gasteiger partial charge < -0.3 is 14.9 Å². The van der Waals surface area contributed by atoms with E-state index in [9.17, 15) is 5.11 Å². The maximum absolute atomic E-state index is 9.42. The first-order valence-corrected chi connectivity index (χ1v) is 7.79. The van der Waals surface area contributed by atoms with Crippen molar-refractivity contribution >= 4 is 34.7 Å². The number of rotatable bonds is 3. The smallest absolute Gasteiger partial charge is 0.147 e. The van der Waals surface area contributed by atoms with Crippen LogP contribution in [0.15, 0.2) is 30.7 Å². The van der Waals surface area contributed by atoms with Gasteiger partial charge in [0.05, 0.1) is 16.7 Å². The summed E-state index contributed by atoms with van der Waals surface area (Å²) >= 11 is 12.1. The van der Waals surface area contributed by atoms with Crippen LogP contribution >= 0.6 is 23.2 Å². The molecule has 1 aliphatic heterocycles. The van der Waals surface area contributed by atoms with Crippen LogP contribution in [0.2, 0.25) is 10.0 Å².